The van der Waals surface area contributed by atoms with Crippen molar-refractivity contribution >= 4 is 5.97 Å². The summed E-state index contributed by atoms with van der Waals surface area (Å²) in [5.74, 6) is -0.341. The van der Waals surface area contributed by atoms with E-state index in [2.05, 4.69) is 16.7 Å². The van der Waals surface area contributed by atoms with E-state index in [-0.39, 0.29) is 6.04 Å². The molecule has 2 fully saturated rings. The Balaban J connectivity index is 1.76. The molecule has 2 atom stereocenters. The van der Waals surface area contributed by atoms with Gasteiger partial charge in [-0.05, 0) is 64.2 Å². The molecule has 4 nitrogen and oxygen atoms in total. The molecule has 1 N–H and O–H groups in total. The van der Waals surface area contributed by atoms with E-state index >= 15 is 0 Å². The summed E-state index contributed by atoms with van der Waals surface area (Å²) in [5.41, 5.74) is 0. The van der Waals surface area contributed by atoms with Gasteiger partial charge in [0.15, 0.2) is 0 Å². The van der Waals surface area contributed by atoms with Crippen LogP contribution in [0, 0.1) is 5.92 Å². The topological polar surface area (TPSA) is 43.8 Å². The summed E-state index contributed by atoms with van der Waals surface area (Å²) < 4.78 is 0. The maximum atomic E-state index is 11.3. The Kier molecular flexibility index (Phi) is 5.01. The third kappa shape index (κ3) is 3.45. The van der Waals surface area contributed by atoms with Crippen LogP contribution in [0.1, 0.15) is 39.0 Å². The summed E-state index contributed by atoms with van der Waals surface area (Å²) in [6.45, 7) is 7.58. The lowest BCUT2D eigenvalue weighted by molar-refractivity contribution is -0.146. The molecule has 2 heterocycles. The highest BCUT2D eigenvalue weighted by molar-refractivity contribution is 5.74. The molecule has 4 heteroatoms. The second-order valence-corrected chi connectivity index (χ2v) is 5.84. The molecule has 2 unspecified atom stereocenters. The summed E-state index contributed by atoms with van der Waals surface area (Å²) in [5, 5.41) is 9.34. The first-order valence-corrected chi connectivity index (χ1v) is 7.37. The van der Waals surface area contributed by atoms with Gasteiger partial charge in [0.2, 0.25) is 0 Å². The minimum absolute atomic E-state index is 0.252. The number of piperidine rings is 1. The highest BCUT2D eigenvalue weighted by Gasteiger charge is 2.33. The van der Waals surface area contributed by atoms with Crippen molar-refractivity contribution in [1.29, 1.82) is 0 Å². The SMILES string of the molecule is CC1CCCN(CCCN2CCCC2)C1C(=O)O. The Morgan fingerprint density at radius 2 is 1.89 bits per heavy atom. The van der Waals surface area contributed by atoms with E-state index in [1.807, 2.05) is 0 Å². The summed E-state index contributed by atoms with van der Waals surface area (Å²) in [6.07, 6.45) is 5.97. The van der Waals surface area contributed by atoms with E-state index in [9.17, 15) is 9.90 Å². The first-order valence-electron chi connectivity index (χ1n) is 7.37. The maximum Gasteiger partial charge on any atom is 0.321 e. The standard InChI is InChI=1S/C14H26N2O2/c1-12-6-4-10-16(13(12)14(17)18)11-5-9-15-7-2-3-8-15/h12-13H,2-11H2,1H3,(H,17,18). The molecule has 0 aromatic heterocycles. The molecule has 0 spiro atoms. The van der Waals surface area contributed by atoms with Gasteiger partial charge >= 0.3 is 5.97 Å². The van der Waals surface area contributed by atoms with Crippen molar-refractivity contribution in [2.75, 3.05) is 32.7 Å². The van der Waals surface area contributed by atoms with E-state index < -0.39 is 5.97 Å². The predicted octanol–water partition coefficient (Wildman–Crippen LogP) is 1.66. The van der Waals surface area contributed by atoms with Crippen LogP contribution in [-0.4, -0.2) is 59.6 Å². The van der Waals surface area contributed by atoms with Crippen LogP contribution in [0.4, 0.5) is 0 Å². The lowest BCUT2D eigenvalue weighted by atomic mass is 9.90. The zero-order chi connectivity index (χ0) is 13.0. The molecule has 0 saturated carbocycles. The Hall–Kier alpha value is -0.610. The van der Waals surface area contributed by atoms with Crippen LogP contribution in [0.2, 0.25) is 0 Å². The summed E-state index contributed by atoms with van der Waals surface area (Å²) >= 11 is 0. The highest BCUT2D eigenvalue weighted by Crippen LogP contribution is 2.23. The molecular formula is C14H26N2O2. The molecule has 0 aromatic carbocycles. The number of nitrogens with zero attached hydrogens (tertiary/aromatic N) is 2. The van der Waals surface area contributed by atoms with E-state index in [0.29, 0.717) is 5.92 Å². The van der Waals surface area contributed by atoms with Crippen LogP contribution < -0.4 is 0 Å². The number of carbonyl (C=O) groups is 1. The second-order valence-electron chi connectivity index (χ2n) is 5.84. The lowest BCUT2D eigenvalue weighted by Crippen LogP contribution is -2.49. The number of rotatable bonds is 5. The molecule has 0 aliphatic carbocycles. The van der Waals surface area contributed by atoms with Crippen molar-refractivity contribution in [2.24, 2.45) is 5.92 Å². The van der Waals surface area contributed by atoms with Crippen molar-refractivity contribution in [2.45, 2.75) is 45.1 Å². The highest BCUT2D eigenvalue weighted by atomic mass is 16.4. The van der Waals surface area contributed by atoms with Crippen LogP contribution in [0.15, 0.2) is 0 Å². The first-order chi connectivity index (χ1) is 8.68. The van der Waals surface area contributed by atoms with Crippen molar-refractivity contribution in [3.05, 3.63) is 0 Å². The zero-order valence-electron chi connectivity index (χ0n) is 11.5. The molecule has 0 radical (unpaired) electrons. The van der Waals surface area contributed by atoms with Crippen LogP contribution in [0.3, 0.4) is 0 Å². The van der Waals surface area contributed by atoms with Gasteiger partial charge in [-0.25, -0.2) is 0 Å². The molecule has 104 valence electrons. The number of hydrogen-bond acceptors (Lipinski definition) is 3. The van der Waals surface area contributed by atoms with Gasteiger partial charge in [0.25, 0.3) is 0 Å². The van der Waals surface area contributed by atoms with Gasteiger partial charge in [0.05, 0.1) is 0 Å². The first kappa shape index (κ1) is 13.8. The summed E-state index contributed by atoms with van der Waals surface area (Å²) in [6, 6.07) is -0.252. The van der Waals surface area contributed by atoms with E-state index in [1.165, 1.54) is 25.9 Å². The molecule has 2 rings (SSSR count). The molecular weight excluding hydrogens is 228 g/mol. The quantitative estimate of drug-likeness (QED) is 0.810. The van der Waals surface area contributed by atoms with Crippen LogP contribution in [0.25, 0.3) is 0 Å². The van der Waals surface area contributed by atoms with Crippen molar-refractivity contribution < 1.29 is 9.90 Å². The number of carboxylic acids is 1. The fraction of sp³-hybridized carbons (Fsp3) is 0.929. The Labute approximate surface area is 110 Å². The fourth-order valence-corrected chi connectivity index (χ4v) is 3.43. The molecule has 2 saturated heterocycles. The third-order valence-corrected chi connectivity index (χ3v) is 4.41. The van der Waals surface area contributed by atoms with Gasteiger partial charge in [-0.3, -0.25) is 9.69 Å². The second kappa shape index (κ2) is 6.53. The lowest BCUT2D eigenvalue weighted by Gasteiger charge is -2.37. The minimum atomic E-state index is -0.636. The van der Waals surface area contributed by atoms with Gasteiger partial charge in [0, 0.05) is 6.54 Å². The normalized spacial score (nSPS) is 30.7. The van der Waals surface area contributed by atoms with Gasteiger partial charge < -0.3 is 10.0 Å². The summed E-state index contributed by atoms with van der Waals surface area (Å²) in [7, 11) is 0. The Morgan fingerprint density at radius 1 is 1.17 bits per heavy atom. The molecule has 2 aliphatic heterocycles. The number of hydrogen-bond donors (Lipinski definition) is 1. The number of aliphatic carboxylic acids is 1. The third-order valence-electron chi connectivity index (χ3n) is 4.41. The molecule has 2 aliphatic rings. The minimum Gasteiger partial charge on any atom is -0.480 e. The van der Waals surface area contributed by atoms with Crippen molar-refractivity contribution in [1.82, 2.24) is 9.80 Å². The van der Waals surface area contributed by atoms with Gasteiger partial charge in [-0.15, -0.1) is 0 Å². The van der Waals surface area contributed by atoms with E-state index in [4.69, 9.17) is 0 Å². The smallest absolute Gasteiger partial charge is 0.321 e. The predicted molar refractivity (Wildman–Crippen MR) is 71.7 cm³/mol. The molecule has 18 heavy (non-hydrogen) atoms. The van der Waals surface area contributed by atoms with Crippen molar-refractivity contribution in [3.63, 3.8) is 0 Å². The molecule has 0 aromatic rings. The van der Waals surface area contributed by atoms with Crippen molar-refractivity contribution in [3.8, 4) is 0 Å². The fourth-order valence-electron chi connectivity index (χ4n) is 3.43. The summed E-state index contributed by atoms with van der Waals surface area (Å²) in [4.78, 5) is 16.0. The monoisotopic (exact) mass is 254 g/mol. The zero-order valence-corrected chi connectivity index (χ0v) is 11.5. The van der Waals surface area contributed by atoms with Gasteiger partial charge in [-0.2, -0.15) is 0 Å². The van der Waals surface area contributed by atoms with Crippen LogP contribution >= 0.6 is 0 Å². The largest absolute Gasteiger partial charge is 0.480 e. The van der Waals surface area contributed by atoms with E-state index in [1.54, 1.807) is 0 Å². The Bertz CT molecular complexity index is 277. The Morgan fingerprint density at radius 3 is 2.56 bits per heavy atom. The number of carboxylic acid groups (broad SMARTS) is 1. The van der Waals surface area contributed by atoms with Crippen LogP contribution in [0.5, 0.6) is 0 Å². The molecule has 0 amide bonds. The van der Waals surface area contributed by atoms with Gasteiger partial charge in [0.1, 0.15) is 6.04 Å². The van der Waals surface area contributed by atoms with E-state index in [0.717, 1.165) is 38.9 Å². The van der Waals surface area contributed by atoms with Gasteiger partial charge in [-0.1, -0.05) is 6.92 Å². The molecule has 0 bridgehead atoms. The average Bonchev–Trinajstić information content (AvgIpc) is 2.81. The van der Waals surface area contributed by atoms with Crippen LogP contribution in [-0.2, 0) is 4.79 Å². The number of likely N-dealkylation sites (tertiary alicyclic amines) is 2. The maximum absolute atomic E-state index is 11.3. The average molecular weight is 254 g/mol.